The first kappa shape index (κ1) is 18.3. The second-order valence-corrected chi connectivity index (χ2v) is 6.45. The number of carbonyl (C=O) groups is 1. The van der Waals surface area contributed by atoms with Gasteiger partial charge in [0.2, 0.25) is 0 Å². The quantitative estimate of drug-likeness (QED) is 0.888. The number of hydrogen-bond donors (Lipinski definition) is 1. The molecule has 0 spiro atoms. The minimum Gasteiger partial charge on any atom is -0.383 e. The van der Waals surface area contributed by atoms with E-state index in [1.807, 2.05) is 6.92 Å². The summed E-state index contributed by atoms with van der Waals surface area (Å²) in [7, 11) is 1.66. The minimum atomic E-state index is -0.346. The maximum absolute atomic E-state index is 13.1. The highest BCUT2D eigenvalue weighted by atomic mass is 19.1. The molecule has 1 aliphatic rings. The molecule has 26 heavy (non-hydrogen) atoms. The molecule has 6 nitrogen and oxygen atoms in total. The van der Waals surface area contributed by atoms with Crippen LogP contribution in [0.4, 0.5) is 10.2 Å². The van der Waals surface area contributed by atoms with Gasteiger partial charge in [-0.2, -0.15) is 0 Å². The molecule has 0 radical (unpaired) electrons. The molecular formula is C19H23FN4O2. The van der Waals surface area contributed by atoms with Crippen molar-refractivity contribution >= 4 is 11.7 Å². The number of fused-ring (bicyclic) bond motifs is 1. The van der Waals surface area contributed by atoms with E-state index in [0.29, 0.717) is 38.1 Å². The van der Waals surface area contributed by atoms with E-state index in [1.165, 1.54) is 24.3 Å². The predicted octanol–water partition coefficient (Wildman–Crippen LogP) is 2.30. The van der Waals surface area contributed by atoms with Crippen molar-refractivity contribution in [1.82, 2.24) is 14.9 Å². The molecular weight excluding hydrogens is 335 g/mol. The molecule has 2 heterocycles. The molecule has 0 bridgehead atoms. The monoisotopic (exact) mass is 358 g/mol. The minimum absolute atomic E-state index is 0.0898. The van der Waals surface area contributed by atoms with E-state index < -0.39 is 0 Å². The molecule has 1 amide bonds. The number of hydrogen-bond acceptors (Lipinski definition) is 5. The largest absolute Gasteiger partial charge is 0.383 e. The lowest BCUT2D eigenvalue weighted by Gasteiger charge is -2.20. The number of ether oxygens (including phenoxy) is 1. The molecule has 1 N–H and O–H groups in total. The maximum atomic E-state index is 13.1. The van der Waals surface area contributed by atoms with Gasteiger partial charge in [-0.15, -0.1) is 0 Å². The van der Waals surface area contributed by atoms with Gasteiger partial charge in [-0.25, -0.2) is 14.4 Å². The fraction of sp³-hybridized carbons (Fsp3) is 0.421. The SMILES string of the molecule is COC[C@H](C)Nc1ncnc2c1CCN(C(=O)c1ccc(F)cc1)CC2. The lowest BCUT2D eigenvalue weighted by atomic mass is 10.1. The van der Waals surface area contributed by atoms with Gasteiger partial charge in [0.05, 0.1) is 12.3 Å². The molecule has 0 unspecified atom stereocenters. The van der Waals surface area contributed by atoms with Gasteiger partial charge in [-0.3, -0.25) is 4.79 Å². The number of nitrogens with one attached hydrogen (secondary N) is 1. The number of aromatic nitrogens is 2. The van der Waals surface area contributed by atoms with Gasteiger partial charge in [-0.1, -0.05) is 0 Å². The highest BCUT2D eigenvalue weighted by Gasteiger charge is 2.23. The molecule has 1 atom stereocenters. The van der Waals surface area contributed by atoms with Crippen LogP contribution >= 0.6 is 0 Å². The third-order valence-corrected chi connectivity index (χ3v) is 4.46. The van der Waals surface area contributed by atoms with Gasteiger partial charge < -0.3 is 15.0 Å². The molecule has 1 aromatic carbocycles. The van der Waals surface area contributed by atoms with E-state index in [2.05, 4.69) is 15.3 Å². The van der Waals surface area contributed by atoms with E-state index in [9.17, 15) is 9.18 Å². The Labute approximate surface area is 152 Å². The molecule has 0 fully saturated rings. The zero-order valence-corrected chi connectivity index (χ0v) is 15.0. The first-order chi connectivity index (χ1) is 12.6. The normalized spacial score (nSPS) is 15.1. The zero-order valence-electron chi connectivity index (χ0n) is 15.0. The Kier molecular flexibility index (Phi) is 5.78. The van der Waals surface area contributed by atoms with Crippen molar-refractivity contribution in [3.05, 3.63) is 53.2 Å². The van der Waals surface area contributed by atoms with Crippen molar-refractivity contribution in [2.75, 3.05) is 32.1 Å². The summed E-state index contributed by atoms with van der Waals surface area (Å²) in [6.45, 7) is 3.75. The summed E-state index contributed by atoms with van der Waals surface area (Å²) >= 11 is 0. The summed E-state index contributed by atoms with van der Waals surface area (Å²) in [6, 6.07) is 5.79. The van der Waals surface area contributed by atoms with Crippen molar-refractivity contribution in [2.45, 2.75) is 25.8 Å². The summed E-state index contributed by atoms with van der Waals surface area (Å²) in [5.74, 6) is 0.365. The average molecular weight is 358 g/mol. The van der Waals surface area contributed by atoms with E-state index in [1.54, 1.807) is 18.3 Å². The summed E-state index contributed by atoms with van der Waals surface area (Å²) in [4.78, 5) is 23.3. The Morgan fingerprint density at radius 3 is 2.73 bits per heavy atom. The van der Waals surface area contributed by atoms with Crippen LogP contribution in [-0.4, -0.2) is 53.6 Å². The van der Waals surface area contributed by atoms with E-state index in [4.69, 9.17) is 4.74 Å². The third-order valence-electron chi connectivity index (χ3n) is 4.46. The molecule has 138 valence electrons. The van der Waals surface area contributed by atoms with Crippen LogP contribution in [0.2, 0.25) is 0 Å². The summed E-state index contributed by atoms with van der Waals surface area (Å²) in [5.41, 5.74) is 2.50. The highest BCUT2D eigenvalue weighted by Crippen LogP contribution is 2.22. The second kappa shape index (κ2) is 8.23. The van der Waals surface area contributed by atoms with Crippen molar-refractivity contribution in [1.29, 1.82) is 0 Å². The molecule has 7 heteroatoms. The number of methoxy groups -OCH3 is 1. The van der Waals surface area contributed by atoms with Crippen molar-refractivity contribution in [2.24, 2.45) is 0 Å². The standard InChI is InChI=1S/C19H23FN4O2/c1-13(11-26-2)23-18-16-7-9-24(10-8-17(16)21-12-22-18)19(25)14-3-5-15(20)6-4-14/h3-6,12-13H,7-11H2,1-2H3,(H,21,22,23)/t13-/m0/s1. The third kappa shape index (κ3) is 4.16. The van der Waals surface area contributed by atoms with E-state index in [0.717, 1.165) is 17.1 Å². The molecule has 0 saturated carbocycles. The van der Waals surface area contributed by atoms with E-state index >= 15 is 0 Å². The molecule has 3 rings (SSSR count). The Bertz CT molecular complexity index is 767. The first-order valence-corrected chi connectivity index (χ1v) is 8.71. The van der Waals surface area contributed by atoms with Crippen molar-refractivity contribution < 1.29 is 13.9 Å². The lowest BCUT2D eigenvalue weighted by molar-refractivity contribution is 0.0763. The molecule has 1 aromatic heterocycles. The Morgan fingerprint density at radius 2 is 2.00 bits per heavy atom. The van der Waals surface area contributed by atoms with Gasteiger partial charge in [0.25, 0.3) is 5.91 Å². The fourth-order valence-corrected chi connectivity index (χ4v) is 3.15. The van der Waals surface area contributed by atoms with Gasteiger partial charge >= 0.3 is 0 Å². The number of carbonyl (C=O) groups excluding carboxylic acids is 1. The number of nitrogens with zero attached hydrogens (tertiary/aromatic N) is 3. The zero-order chi connectivity index (χ0) is 18.5. The summed E-state index contributed by atoms with van der Waals surface area (Å²) < 4.78 is 18.2. The Balaban J connectivity index is 1.74. The van der Waals surface area contributed by atoms with Gasteiger partial charge in [0, 0.05) is 43.8 Å². The summed E-state index contributed by atoms with van der Waals surface area (Å²) in [6.07, 6.45) is 2.89. The number of benzene rings is 1. The Morgan fingerprint density at radius 1 is 1.27 bits per heavy atom. The number of rotatable bonds is 5. The first-order valence-electron chi connectivity index (χ1n) is 8.71. The van der Waals surface area contributed by atoms with Gasteiger partial charge in [0.15, 0.2) is 0 Å². The molecule has 0 aliphatic carbocycles. The molecule has 0 saturated heterocycles. The predicted molar refractivity (Wildman–Crippen MR) is 96.7 cm³/mol. The molecule has 1 aliphatic heterocycles. The van der Waals surface area contributed by atoms with Crippen LogP contribution in [0, 0.1) is 5.82 Å². The Hall–Kier alpha value is -2.54. The van der Waals surface area contributed by atoms with Gasteiger partial charge in [-0.05, 0) is 37.6 Å². The molecule has 2 aromatic rings. The van der Waals surface area contributed by atoms with Crippen LogP contribution in [0.15, 0.2) is 30.6 Å². The highest BCUT2D eigenvalue weighted by molar-refractivity contribution is 5.94. The lowest BCUT2D eigenvalue weighted by Crippen LogP contribution is -2.33. The van der Waals surface area contributed by atoms with Crippen LogP contribution < -0.4 is 5.32 Å². The second-order valence-electron chi connectivity index (χ2n) is 6.45. The van der Waals surface area contributed by atoms with Crippen molar-refractivity contribution in [3.63, 3.8) is 0 Å². The maximum Gasteiger partial charge on any atom is 0.253 e. The smallest absolute Gasteiger partial charge is 0.253 e. The average Bonchev–Trinajstić information content (AvgIpc) is 2.85. The van der Waals surface area contributed by atoms with Crippen LogP contribution in [0.3, 0.4) is 0 Å². The van der Waals surface area contributed by atoms with E-state index in [-0.39, 0.29) is 17.8 Å². The van der Waals surface area contributed by atoms with Crippen LogP contribution in [-0.2, 0) is 17.6 Å². The topological polar surface area (TPSA) is 67.3 Å². The summed E-state index contributed by atoms with van der Waals surface area (Å²) in [5, 5.41) is 3.36. The van der Waals surface area contributed by atoms with Crippen LogP contribution in [0.25, 0.3) is 0 Å². The van der Waals surface area contributed by atoms with Crippen LogP contribution in [0.1, 0.15) is 28.5 Å². The fourth-order valence-electron chi connectivity index (χ4n) is 3.15. The van der Waals surface area contributed by atoms with Crippen molar-refractivity contribution in [3.8, 4) is 0 Å². The number of anilines is 1. The number of amides is 1. The van der Waals surface area contributed by atoms with Crippen LogP contribution in [0.5, 0.6) is 0 Å². The van der Waals surface area contributed by atoms with Gasteiger partial charge in [0.1, 0.15) is 18.0 Å². The number of halogens is 1.